The number of carbonyl (C=O) groups is 1. The fourth-order valence-electron chi connectivity index (χ4n) is 4.64. The quantitative estimate of drug-likeness (QED) is 0.668. The minimum Gasteiger partial charge on any atom is -0.440 e. The van der Waals surface area contributed by atoms with E-state index < -0.39 is 0 Å². The highest BCUT2D eigenvalue weighted by Gasteiger charge is 2.33. The highest BCUT2D eigenvalue weighted by atomic mass is 16.3. The summed E-state index contributed by atoms with van der Waals surface area (Å²) in [5.74, 6) is 1.47. The second kappa shape index (κ2) is 6.84. The first-order valence-electron chi connectivity index (χ1n) is 10.0. The number of fused-ring (bicyclic) bond motifs is 2. The summed E-state index contributed by atoms with van der Waals surface area (Å²) in [6.07, 6.45) is 5.02. The number of hydrogen-bond acceptors (Lipinski definition) is 3. The molecule has 1 aromatic heterocycles. The molecule has 1 unspecified atom stereocenters. The van der Waals surface area contributed by atoms with Crippen molar-refractivity contribution in [2.75, 3.05) is 13.1 Å². The number of rotatable bonds is 2. The molecule has 2 aromatic carbocycles. The Balaban J connectivity index is 1.28. The Hall–Kier alpha value is -2.62. The third-order valence-corrected chi connectivity index (χ3v) is 6.13. The summed E-state index contributed by atoms with van der Waals surface area (Å²) >= 11 is 0. The lowest BCUT2D eigenvalue weighted by Crippen LogP contribution is -2.41. The molecule has 0 radical (unpaired) electrons. The minimum absolute atomic E-state index is 0.0378. The number of aryl methyl sites for hydroxylation is 1. The van der Waals surface area contributed by atoms with Gasteiger partial charge in [0.15, 0.2) is 11.5 Å². The Morgan fingerprint density at radius 3 is 2.63 bits per heavy atom. The summed E-state index contributed by atoms with van der Waals surface area (Å²) in [5, 5.41) is 0. The van der Waals surface area contributed by atoms with Crippen LogP contribution in [-0.2, 0) is 11.2 Å². The van der Waals surface area contributed by atoms with E-state index in [1.807, 2.05) is 24.3 Å². The molecular formula is C23H24N2O2. The third kappa shape index (κ3) is 3.03. The van der Waals surface area contributed by atoms with Crippen molar-refractivity contribution < 1.29 is 9.21 Å². The lowest BCUT2D eigenvalue weighted by Gasteiger charge is -2.35. The van der Waals surface area contributed by atoms with Crippen LogP contribution in [0.1, 0.15) is 54.5 Å². The molecule has 1 aliphatic carbocycles. The number of aromatic nitrogens is 1. The van der Waals surface area contributed by atoms with Crippen LogP contribution in [0.3, 0.4) is 0 Å². The number of amides is 1. The number of carbonyl (C=O) groups excluding carboxylic acids is 1. The van der Waals surface area contributed by atoms with Crippen LogP contribution < -0.4 is 0 Å². The van der Waals surface area contributed by atoms with E-state index in [2.05, 4.69) is 34.1 Å². The van der Waals surface area contributed by atoms with Gasteiger partial charge in [-0.05, 0) is 55.4 Å². The highest BCUT2D eigenvalue weighted by Crippen LogP contribution is 2.35. The number of oxazole rings is 1. The topological polar surface area (TPSA) is 46.3 Å². The maximum absolute atomic E-state index is 13.2. The Bertz CT molecular complexity index is 936. The summed E-state index contributed by atoms with van der Waals surface area (Å²) < 4.78 is 5.95. The van der Waals surface area contributed by atoms with Crippen LogP contribution >= 0.6 is 0 Å². The average molecular weight is 360 g/mol. The monoisotopic (exact) mass is 360 g/mol. The third-order valence-electron chi connectivity index (χ3n) is 6.13. The first-order valence-corrected chi connectivity index (χ1v) is 10.0. The Morgan fingerprint density at radius 1 is 1.00 bits per heavy atom. The van der Waals surface area contributed by atoms with Crippen LogP contribution in [0.15, 0.2) is 52.9 Å². The summed E-state index contributed by atoms with van der Waals surface area (Å²) in [5.41, 5.74) is 4.37. The molecule has 138 valence electrons. The average Bonchev–Trinajstić information content (AvgIpc) is 3.17. The van der Waals surface area contributed by atoms with Gasteiger partial charge in [-0.3, -0.25) is 4.79 Å². The van der Waals surface area contributed by atoms with Gasteiger partial charge in [0.05, 0.1) is 5.92 Å². The largest absolute Gasteiger partial charge is 0.440 e. The number of para-hydroxylation sites is 2. The lowest BCUT2D eigenvalue weighted by atomic mass is 9.81. The molecule has 2 aliphatic rings. The van der Waals surface area contributed by atoms with Crippen molar-refractivity contribution >= 4 is 17.0 Å². The fraction of sp³-hybridized carbons (Fsp3) is 0.391. The molecule has 1 atom stereocenters. The minimum atomic E-state index is 0.0378. The molecule has 2 heterocycles. The molecule has 27 heavy (non-hydrogen) atoms. The van der Waals surface area contributed by atoms with Crippen LogP contribution in [0.2, 0.25) is 0 Å². The van der Waals surface area contributed by atoms with Crippen molar-refractivity contribution in [1.82, 2.24) is 9.88 Å². The van der Waals surface area contributed by atoms with Crippen LogP contribution in [0.5, 0.6) is 0 Å². The zero-order chi connectivity index (χ0) is 18.2. The molecule has 0 spiro atoms. The molecule has 5 rings (SSSR count). The highest BCUT2D eigenvalue weighted by molar-refractivity contribution is 5.84. The fourth-order valence-corrected chi connectivity index (χ4v) is 4.64. The van der Waals surface area contributed by atoms with E-state index in [0.29, 0.717) is 11.8 Å². The molecule has 0 N–H and O–H groups in total. The number of benzene rings is 2. The smallest absolute Gasteiger partial charge is 0.230 e. The molecule has 1 saturated heterocycles. The standard InChI is InChI=1S/C23H24N2O2/c26-23(19-9-5-7-16-6-1-2-8-18(16)19)25-14-12-17(13-15-25)22-24-20-10-3-4-11-21(20)27-22/h1-4,6,8,10-11,17,19H,5,7,9,12-15H2. The zero-order valence-corrected chi connectivity index (χ0v) is 15.4. The van der Waals surface area contributed by atoms with E-state index >= 15 is 0 Å². The van der Waals surface area contributed by atoms with Gasteiger partial charge in [-0.25, -0.2) is 4.98 Å². The van der Waals surface area contributed by atoms with E-state index in [1.165, 1.54) is 11.1 Å². The van der Waals surface area contributed by atoms with Crippen molar-refractivity contribution in [3.05, 3.63) is 65.5 Å². The number of piperidine rings is 1. The molecule has 1 amide bonds. The second-order valence-electron chi connectivity index (χ2n) is 7.76. The number of nitrogens with zero attached hydrogens (tertiary/aromatic N) is 2. The van der Waals surface area contributed by atoms with E-state index in [1.54, 1.807) is 0 Å². The maximum Gasteiger partial charge on any atom is 0.230 e. The molecule has 1 fully saturated rings. The summed E-state index contributed by atoms with van der Waals surface area (Å²) in [4.78, 5) is 19.9. The van der Waals surface area contributed by atoms with E-state index in [9.17, 15) is 4.79 Å². The predicted octanol–water partition coefficient (Wildman–Crippen LogP) is 4.65. The van der Waals surface area contributed by atoms with Gasteiger partial charge in [-0.2, -0.15) is 0 Å². The molecule has 0 saturated carbocycles. The SMILES string of the molecule is O=C(C1CCCc2ccccc21)N1CCC(c2nc3ccccc3o2)CC1. The second-order valence-corrected chi connectivity index (χ2v) is 7.76. The van der Waals surface area contributed by atoms with Crippen molar-refractivity contribution in [3.63, 3.8) is 0 Å². The Kier molecular flexibility index (Phi) is 4.19. The van der Waals surface area contributed by atoms with Gasteiger partial charge in [-0.1, -0.05) is 36.4 Å². The van der Waals surface area contributed by atoms with Crippen LogP contribution in [0, 0.1) is 0 Å². The normalized spacial score (nSPS) is 20.6. The van der Waals surface area contributed by atoms with Gasteiger partial charge in [0, 0.05) is 19.0 Å². The number of likely N-dealkylation sites (tertiary alicyclic amines) is 1. The molecule has 4 nitrogen and oxygen atoms in total. The zero-order valence-electron chi connectivity index (χ0n) is 15.4. The van der Waals surface area contributed by atoms with Crippen molar-refractivity contribution in [2.45, 2.75) is 43.9 Å². The molecule has 3 aromatic rings. The summed E-state index contributed by atoms with van der Waals surface area (Å²) in [6.45, 7) is 1.59. The van der Waals surface area contributed by atoms with Crippen molar-refractivity contribution in [1.29, 1.82) is 0 Å². The van der Waals surface area contributed by atoms with Gasteiger partial charge >= 0.3 is 0 Å². The van der Waals surface area contributed by atoms with Crippen LogP contribution in [-0.4, -0.2) is 28.9 Å². The molecule has 4 heteroatoms. The maximum atomic E-state index is 13.2. The van der Waals surface area contributed by atoms with Gasteiger partial charge < -0.3 is 9.32 Å². The molecule has 0 bridgehead atoms. The van der Waals surface area contributed by atoms with Crippen LogP contribution in [0.25, 0.3) is 11.1 Å². The summed E-state index contributed by atoms with van der Waals surface area (Å²) in [7, 11) is 0. The van der Waals surface area contributed by atoms with E-state index in [-0.39, 0.29) is 5.92 Å². The first kappa shape index (κ1) is 16.5. The van der Waals surface area contributed by atoms with Crippen molar-refractivity contribution in [3.8, 4) is 0 Å². The lowest BCUT2D eigenvalue weighted by molar-refractivity contribution is -0.134. The van der Waals surface area contributed by atoms with Crippen LogP contribution in [0.4, 0.5) is 0 Å². The van der Waals surface area contributed by atoms with Gasteiger partial charge in [0.1, 0.15) is 5.52 Å². The van der Waals surface area contributed by atoms with Gasteiger partial charge in [-0.15, -0.1) is 0 Å². The van der Waals surface area contributed by atoms with Gasteiger partial charge in [0.25, 0.3) is 0 Å². The van der Waals surface area contributed by atoms with Gasteiger partial charge in [0.2, 0.25) is 5.91 Å². The van der Waals surface area contributed by atoms with E-state index in [4.69, 9.17) is 4.42 Å². The summed E-state index contributed by atoms with van der Waals surface area (Å²) in [6, 6.07) is 16.4. The predicted molar refractivity (Wildman–Crippen MR) is 105 cm³/mol. The Labute approximate surface area is 159 Å². The number of hydrogen-bond donors (Lipinski definition) is 0. The molecular weight excluding hydrogens is 336 g/mol. The Morgan fingerprint density at radius 2 is 1.78 bits per heavy atom. The first-order chi connectivity index (χ1) is 13.3. The van der Waals surface area contributed by atoms with E-state index in [0.717, 1.165) is 62.2 Å². The van der Waals surface area contributed by atoms with Crippen molar-refractivity contribution in [2.24, 2.45) is 0 Å². The molecule has 1 aliphatic heterocycles.